The van der Waals surface area contributed by atoms with Gasteiger partial charge in [0.05, 0.1) is 12.0 Å². The molecule has 0 radical (unpaired) electrons. The quantitative estimate of drug-likeness (QED) is 0.243. The minimum Gasteiger partial charge on any atom is -0.481 e. The molecule has 38 heavy (non-hydrogen) atoms. The summed E-state index contributed by atoms with van der Waals surface area (Å²) < 4.78 is 5.29. The molecular formula is C31H54ClNO5. The van der Waals surface area contributed by atoms with Crippen LogP contribution in [-0.4, -0.2) is 40.2 Å². The van der Waals surface area contributed by atoms with Gasteiger partial charge in [-0.3, -0.25) is 9.59 Å². The Morgan fingerprint density at radius 2 is 1.16 bits per heavy atom. The molecule has 5 N–H and O–H groups in total. The molecule has 6 fully saturated rings. The highest BCUT2D eigenvalue weighted by Gasteiger charge is 2.62. The van der Waals surface area contributed by atoms with Gasteiger partial charge in [-0.15, -0.1) is 11.6 Å². The van der Waals surface area contributed by atoms with Gasteiger partial charge in [-0.05, 0) is 145 Å². The van der Waals surface area contributed by atoms with Crippen LogP contribution in [0, 0.1) is 38.9 Å². The smallest absolute Gasteiger partial charge is 0.326 e. The lowest BCUT2D eigenvalue weighted by molar-refractivity contribution is -0.178. The molecule has 220 valence electrons. The van der Waals surface area contributed by atoms with Crippen LogP contribution in [0.15, 0.2) is 0 Å². The number of carboxylic acids is 1. The molecule has 0 aromatic rings. The van der Waals surface area contributed by atoms with E-state index in [9.17, 15) is 9.59 Å². The van der Waals surface area contributed by atoms with Gasteiger partial charge in [0, 0.05) is 6.61 Å². The Hall–Kier alpha value is -0.850. The number of rotatable bonds is 4. The Labute approximate surface area is 235 Å². The number of ether oxygens (including phenoxy) is 1. The van der Waals surface area contributed by atoms with E-state index in [1.165, 1.54) is 89.9 Å². The van der Waals surface area contributed by atoms with Crippen molar-refractivity contribution in [2.45, 2.75) is 129 Å². The number of carboxylic acid groups (broad SMARTS) is 1. The highest BCUT2D eigenvalue weighted by Crippen LogP contribution is 2.73. The lowest BCUT2D eigenvalue weighted by atomic mass is 9.38. The summed E-state index contributed by atoms with van der Waals surface area (Å²) in [5.74, 6) is 0.217. The summed E-state index contributed by atoms with van der Waals surface area (Å²) in [6.07, 6.45) is 20.0. The Bertz CT molecular complexity index is 832. The maximum atomic E-state index is 11.6. The van der Waals surface area contributed by atoms with E-state index in [0.717, 1.165) is 16.2 Å². The van der Waals surface area contributed by atoms with Crippen molar-refractivity contribution in [1.29, 1.82) is 0 Å². The van der Waals surface area contributed by atoms with E-state index in [1.807, 2.05) is 0 Å². The summed E-state index contributed by atoms with van der Waals surface area (Å²) in [6.45, 7) is 9.37. The molecule has 0 saturated heterocycles. The number of carbonyl (C=O) groups is 2. The van der Waals surface area contributed by atoms with Crippen LogP contribution >= 0.6 is 11.6 Å². The van der Waals surface area contributed by atoms with Crippen LogP contribution in [0.5, 0.6) is 0 Å². The Balaban J connectivity index is 0.000000173. The number of hydrogen-bond donors (Lipinski definition) is 3. The fraction of sp³-hybridized carbons (Fsp3) is 0.935. The number of carbonyl (C=O) groups excluding carboxylic acids is 1. The highest BCUT2D eigenvalue weighted by molar-refractivity contribution is 6.33. The van der Waals surface area contributed by atoms with Crippen LogP contribution in [0.3, 0.4) is 0 Å². The van der Waals surface area contributed by atoms with Crippen molar-refractivity contribution in [2.24, 2.45) is 38.9 Å². The second-order valence-electron chi connectivity index (χ2n) is 15.8. The summed E-state index contributed by atoms with van der Waals surface area (Å²) >= 11 is 5.91. The summed E-state index contributed by atoms with van der Waals surface area (Å²) in [4.78, 5) is 20.7. The van der Waals surface area contributed by atoms with Gasteiger partial charge in [0.2, 0.25) is 0 Å². The third kappa shape index (κ3) is 6.71. The minimum absolute atomic E-state index is 0. The molecule has 6 saturated carbocycles. The lowest BCUT2D eigenvalue weighted by Gasteiger charge is -2.67. The fourth-order valence-corrected chi connectivity index (χ4v) is 8.71. The van der Waals surface area contributed by atoms with Crippen molar-refractivity contribution in [1.82, 2.24) is 6.15 Å². The first-order chi connectivity index (χ1) is 17.0. The topological polar surface area (TPSA) is 119 Å². The summed E-state index contributed by atoms with van der Waals surface area (Å²) in [7, 11) is 0. The number of hydrogen-bond acceptors (Lipinski definition) is 5. The molecule has 4 spiro atoms. The molecular weight excluding hydrogens is 502 g/mol. The molecule has 0 aliphatic heterocycles. The number of alkyl halides is 1. The molecule has 0 atom stereocenters. The molecule has 0 amide bonds. The second kappa shape index (κ2) is 10.9. The van der Waals surface area contributed by atoms with E-state index in [4.69, 9.17) is 26.6 Å². The van der Waals surface area contributed by atoms with E-state index < -0.39 is 16.3 Å². The van der Waals surface area contributed by atoms with Gasteiger partial charge in [-0.1, -0.05) is 12.8 Å². The predicted molar refractivity (Wildman–Crippen MR) is 151 cm³/mol. The van der Waals surface area contributed by atoms with Crippen molar-refractivity contribution in [3.05, 3.63) is 0 Å². The van der Waals surface area contributed by atoms with Crippen LogP contribution in [0.4, 0.5) is 0 Å². The predicted octanol–water partition coefficient (Wildman–Crippen LogP) is 7.53. The molecule has 0 aromatic heterocycles. The standard InChI is InChI=1S/C15H23ClO2.C11H18O.C5H10O2.H3N/c1-13(2,16)12(17)18-8-11-6-15(7-11)9-14(10-15)4-3-5-14;12-6-9-4-11(5-9)7-10(8-11)2-1-3-10;1-5(2,3)4(6)7;/h11H,3-10H2,1-2H3;9,12H,1-8H2;1-3H3,(H,6,7);1H3. The van der Waals surface area contributed by atoms with E-state index in [0.29, 0.717) is 30.5 Å². The molecule has 0 heterocycles. The first kappa shape index (κ1) is 31.7. The number of halogens is 1. The largest absolute Gasteiger partial charge is 0.481 e. The Morgan fingerprint density at radius 1 is 0.789 bits per heavy atom. The molecule has 6 rings (SSSR count). The van der Waals surface area contributed by atoms with Gasteiger partial charge in [0.1, 0.15) is 4.87 Å². The normalized spacial score (nSPS) is 26.8. The van der Waals surface area contributed by atoms with Crippen LogP contribution in [0.1, 0.15) is 125 Å². The number of aliphatic carboxylic acids is 1. The maximum Gasteiger partial charge on any atom is 0.326 e. The van der Waals surface area contributed by atoms with Crippen LogP contribution < -0.4 is 6.15 Å². The van der Waals surface area contributed by atoms with Gasteiger partial charge in [0.15, 0.2) is 0 Å². The van der Waals surface area contributed by atoms with Crippen LogP contribution in [-0.2, 0) is 14.3 Å². The Kier molecular flexibility index (Phi) is 9.05. The van der Waals surface area contributed by atoms with E-state index in [-0.39, 0.29) is 12.1 Å². The van der Waals surface area contributed by atoms with Gasteiger partial charge in [-0.25, -0.2) is 0 Å². The highest BCUT2D eigenvalue weighted by atomic mass is 35.5. The first-order valence-electron chi connectivity index (χ1n) is 14.7. The monoisotopic (exact) mass is 555 g/mol. The van der Waals surface area contributed by atoms with Gasteiger partial charge >= 0.3 is 11.9 Å². The van der Waals surface area contributed by atoms with Crippen molar-refractivity contribution in [3.8, 4) is 0 Å². The van der Waals surface area contributed by atoms with Crippen molar-refractivity contribution in [3.63, 3.8) is 0 Å². The third-order valence-corrected chi connectivity index (χ3v) is 10.7. The average molecular weight is 556 g/mol. The average Bonchev–Trinajstić information content (AvgIpc) is 2.60. The van der Waals surface area contributed by atoms with Gasteiger partial charge in [0.25, 0.3) is 0 Å². The molecule has 0 unspecified atom stereocenters. The van der Waals surface area contributed by atoms with E-state index in [2.05, 4.69) is 0 Å². The van der Waals surface area contributed by atoms with E-state index >= 15 is 0 Å². The number of aliphatic hydroxyl groups excluding tert-OH is 1. The maximum absolute atomic E-state index is 11.6. The summed E-state index contributed by atoms with van der Waals surface area (Å²) in [5, 5.41) is 17.2. The zero-order valence-corrected chi connectivity index (χ0v) is 25.4. The SMILES string of the molecule is CC(C)(C)C(=O)O.CC(C)(Cl)C(=O)OCC1CC2(C1)CC1(CCC1)C2.N.OCC1CC2(C1)CC1(CCC1)C2. The molecule has 7 heteroatoms. The summed E-state index contributed by atoms with van der Waals surface area (Å²) in [5.41, 5.74) is 2.40. The second-order valence-corrected chi connectivity index (χ2v) is 16.7. The van der Waals surface area contributed by atoms with E-state index in [1.54, 1.807) is 34.6 Å². The number of aliphatic hydroxyl groups is 1. The lowest BCUT2D eigenvalue weighted by Crippen LogP contribution is -2.57. The molecule has 0 bridgehead atoms. The minimum atomic E-state index is -0.881. The zero-order valence-electron chi connectivity index (χ0n) is 24.7. The molecule has 6 aliphatic rings. The van der Waals surface area contributed by atoms with Gasteiger partial charge < -0.3 is 21.1 Å². The molecule has 6 aliphatic carbocycles. The van der Waals surface area contributed by atoms with Crippen molar-refractivity contribution >= 4 is 23.5 Å². The van der Waals surface area contributed by atoms with Crippen LogP contribution in [0.25, 0.3) is 0 Å². The van der Waals surface area contributed by atoms with Crippen molar-refractivity contribution in [2.75, 3.05) is 13.2 Å². The summed E-state index contributed by atoms with van der Waals surface area (Å²) in [6, 6.07) is 0. The molecule has 0 aromatic carbocycles. The van der Waals surface area contributed by atoms with Crippen molar-refractivity contribution < 1.29 is 24.5 Å². The Morgan fingerprint density at radius 3 is 1.42 bits per heavy atom. The fourth-order valence-electron chi connectivity index (χ4n) is 8.66. The molecule has 6 nitrogen and oxygen atoms in total. The third-order valence-electron chi connectivity index (χ3n) is 10.6. The number of esters is 1. The van der Waals surface area contributed by atoms with Gasteiger partial charge in [-0.2, -0.15) is 0 Å². The zero-order chi connectivity index (χ0) is 27.3. The van der Waals surface area contributed by atoms with Crippen LogP contribution in [0.2, 0.25) is 0 Å². The first-order valence-corrected chi connectivity index (χ1v) is 15.1.